The highest BCUT2D eigenvalue weighted by Crippen LogP contribution is 2.34. The number of aromatic nitrogens is 7. The van der Waals surface area contributed by atoms with E-state index in [0.29, 0.717) is 34.0 Å². The quantitative estimate of drug-likeness (QED) is 0.235. The molecule has 194 valence electrons. The van der Waals surface area contributed by atoms with Gasteiger partial charge in [0.15, 0.2) is 22.2 Å². The number of hydrogen-bond acceptors (Lipinski definition) is 7. The number of benzene rings is 1. The van der Waals surface area contributed by atoms with Gasteiger partial charge in [0.05, 0.1) is 23.7 Å². The van der Waals surface area contributed by atoms with Crippen LogP contribution in [0.25, 0.3) is 55.3 Å². The Bertz CT molecular complexity index is 2010. The van der Waals surface area contributed by atoms with E-state index in [4.69, 9.17) is 4.98 Å². The van der Waals surface area contributed by atoms with Crippen LogP contribution in [0, 0.1) is 5.13 Å². The van der Waals surface area contributed by atoms with Crippen LogP contribution in [0.1, 0.15) is 5.56 Å². The van der Waals surface area contributed by atoms with E-state index in [9.17, 15) is 9.18 Å². The van der Waals surface area contributed by atoms with Gasteiger partial charge in [-0.3, -0.25) is 14.9 Å². The molecule has 0 aliphatic heterocycles. The third-order valence-corrected chi connectivity index (χ3v) is 7.33. The SMILES string of the molecule is O=C(Cc1ccccc1)Nc1cncc(-c2cnc3[nH]nc(-c4nc5c(-c6ccc(F)s6)ccnc5[nH]4)c3c2)c1. The molecule has 0 fully saturated rings. The summed E-state index contributed by atoms with van der Waals surface area (Å²) in [5.41, 5.74) is 6.26. The van der Waals surface area contributed by atoms with E-state index in [0.717, 1.165) is 43.9 Å². The standard InChI is InChI=1S/C29H19FN8OS/c30-23-7-6-22(40-23)20-8-9-32-28-25(20)35-29(36-28)26-21-12-18(14-33-27(21)38-37-26)17-11-19(15-31-13-17)34-24(39)10-16-4-2-1-3-5-16/h1-9,11-15H,10H2,(H,34,39)(H,32,35,36)(H,33,37,38). The van der Waals surface area contributed by atoms with Gasteiger partial charge in [-0.2, -0.15) is 9.49 Å². The summed E-state index contributed by atoms with van der Waals surface area (Å²) >= 11 is 1.06. The Labute approximate surface area is 230 Å². The average molecular weight is 547 g/mol. The fourth-order valence-corrected chi connectivity index (χ4v) is 5.33. The van der Waals surface area contributed by atoms with E-state index >= 15 is 0 Å². The van der Waals surface area contributed by atoms with Gasteiger partial charge in [-0.1, -0.05) is 30.3 Å². The fourth-order valence-electron chi connectivity index (χ4n) is 4.57. The molecule has 0 saturated carbocycles. The molecule has 6 heterocycles. The second kappa shape index (κ2) is 9.79. The van der Waals surface area contributed by atoms with Gasteiger partial charge in [0.25, 0.3) is 0 Å². The zero-order valence-corrected chi connectivity index (χ0v) is 21.5. The second-order valence-electron chi connectivity index (χ2n) is 9.11. The molecule has 9 nitrogen and oxygen atoms in total. The van der Waals surface area contributed by atoms with Gasteiger partial charge >= 0.3 is 0 Å². The van der Waals surface area contributed by atoms with Crippen LogP contribution in [0.15, 0.2) is 85.5 Å². The normalized spacial score (nSPS) is 11.3. The van der Waals surface area contributed by atoms with Crippen molar-refractivity contribution in [2.24, 2.45) is 0 Å². The van der Waals surface area contributed by atoms with Crippen LogP contribution in [0.4, 0.5) is 10.1 Å². The average Bonchev–Trinajstić information content (AvgIpc) is 3.71. The minimum atomic E-state index is -0.262. The van der Waals surface area contributed by atoms with Crippen LogP contribution in [0.2, 0.25) is 0 Å². The Morgan fingerprint density at radius 3 is 2.67 bits per heavy atom. The van der Waals surface area contributed by atoms with Crippen molar-refractivity contribution in [1.29, 1.82) is 0 Å². The van der Waals surface area contributed by atoms with E-state index in [2.05, 4.69) is 35.5 Å². The first-order valence-corrected chi connectivity index (χ1v) is 13.2. The molecule has 1 aromatic carbocycles. The molecule has 0 saturated heterocycles. The maximum atomic E-state index is 13.7. The Hall–Kier alpha value is -5.29. The number of carbonyl (C=O) groups excluding carboxylic acids is 1. The first-order chi connectivity index (χ1) is 19.6. The van der Waals surface area contributed by atoms with Gasteiger partial charge < -0.3 is 10.3 Å². The van der Waals surface area contributed by atoms with Crippen molar-refractivity contribution >= 4 is 45.1 Å². The monoisotopic (exact) mass is 546 g/mol. The summed E-state index contributed by atoms with van der Waals surface area (Å²) in [6.45, 7) is 0. The molecule has 1 amide bonds. The molecule has 0 spiro atoms. The first kappa shape index (κ1) is 23.8. The number of carbonyl (C=O) groups is 1. The van der Waals surface area contributed by atoms with Crippen molar-refractivity contribution in [2.45, 2.75) is 6.42 Å². The summed E-state index contributed by atoms with van der Waals surface area (Å²) in [4.78, 5) is 34.6. The Balaban J connectivity index is 1.21. The number of amides is 1. The number of H-pyrrole nitrogens is 2. The van der Waals surface area contributed by atoms with Crippen molar-refractivity contribution in [1.82, 2.24) is 35.1 Å². The number of nitrogens with zero attached hydrogens (tertiary/aromatic N) is 5. The van der Waals surface area contributed by atoms with E-state index in [1.54, 1.807) is 30.9 Å². The molecular formula is C29H19FN8OS. The maximum absolute atomic E-state index is 13.7. The molecule has 7 rings (SSSR count). The lowest BCUT2D eigenvalue weighted by Crippen LogP contribution is -2.14. The molecule has 6 aromatic heterocycles. The summed E-state index contributed by atoms with van der Waals surface area (Å²) in [7, 11) is 0. The Kier molecular flexibility index (Phi) is 5.82. The number of thiophene rings is 1. The highest BCUT2D eigenvalue weighted by atomic mass is 32.1. The lowest BCUT2D eigenvalue weighted by atomic mass is 10.1. The minimum Gasteiger partial charge on any atom is -0.324 e. The zero-order chi connectivity index (χ0) is 27.1. The number of fused-ring (bicyclic) bond motifs is 2. The summed E-state index contributed by atoms with van der Waals surface area (Å²) in [6, 6.07) is 18.4. The highest BCUT2D eigenvalue weighted by molar-refractivity contribution is 7.14. The third-order valence-electron chi connectivity index (χ3n) is 6.43. The molecule has 0 bridgehead atoms. The summed E-state index contributed by atoms with van der Waals surface area (Å²) in [5.74, 6) is 0.385. The predicted octanol–water partition coefficient (Wildman–Crippen LogP) is 6.01. The molecule has 0 radical (unpaired) electrons. The van der Waals surface area contributed by atoms with E-state index in [-0.39, 0.29) is 17.5 Å². The van der Waals surface area contributed by atoms with Crippen molar-refractivity contribution in [3.05, 3.63) is 96.1 Å². The van der Waals surface area contributed by atoms with Gasteiger partial charge in [0.2, 0.25) is 5.91 Å². The van der Waals surface area contributed by atoms with Gasteiger partial charge in [-0.15, -0.1) is 11.3 Å². The molecule has 0 unspecified atom stereocenters. The number of hydrogen-bond donors (Lipinski definition) is 3. The smallest absolute Gasteiger partial charge is 0.228 e. The lowest BCUT2D eigenvalue weighted by Gasteiger charge is -2.07. The molecule has 3 N–H and O–H groups in total. The van der Waals surface area contributed by atoms with Gasteiger partial charge in [0, 0.05) is 40.2 Å². The summed E-state index contributed by atoms with van der Waals surface area (Å²) < 4.78 is 13.7. The van der Waals surface area contributed by atoms with Crippen LogP contribution in [0.5, 0.6) is 0 Å². The van der Waals surface area contributed by atoms with Crippen molar-refractivity contribution in [3.8, 4) is 33.1 Å². The number of nitrogens with one attached hydrogen (secondary N) is 3. The number of anilines is 1. The first-order valence-electron chi connectivity index (χ1n) is 12.3. The molecule has 0 atom stereocenters. The molecule has 7 aromatic rings. The fraction of sp³-hybridized carbons (Fsp3) is 0.0345. The lowest BCUT2D eigenvalue weighted by molar-refractivity contribution is -0.115. The van der Waals surface area contributed by atoms with Crippen molar-refractivity contribution in [3.63, 3.8) is 0 Å². The topological polar surface area (TPSA) is 125 Å². The zero-order valence-electron chi connectivity index (χ0n) is 20.7. The van der Waals surface area contributed by atoms with Crippen LogP contribution < -0.4 is 5.32 Å². The van der Waals surface area contributed by atoms with Crippen molar-refractivity contribution in [2.75, 3.05) is 5.32 Å². The minimum absolute atomic E-state index is 0.126. The molecule has 0 aliphatic carbocycles. The largest absolute Gasteiger partial charge is 0.324 e. The van der Waals surface area contributed by atoms with Crippen LogP contribution in [0.3, 0.4) is 0 Å². The maximum Gasteiger partial charge on any atom is 0.228 e. The second-order valence-corrected chi connectivity index (χ2v) is 10.1. The van der Waals surface area contributed by atoms with E-state index in [1.807, 2.05) is 48.5 Å². The summed E-state index contributed by atoms with van der Waals surface area (Å²) in [5, 5.41) is 10.8. The van der Waals surface area contributed by atoms with Crippen LogP contribution in [-0.4, -0.2) is 41.0 Å². The number of pyridine rings is 3. The Morgan fingerprint density at radius 2 is 1.82 bits per heavy atom. The van der Waals surface area contributed by atoms with Gasteiger partial charge in [-0.25, -0.2) is 15.0 Å². The van der Waals surface area contributed by atoms with Crippen LogP contribution in [-0.2, 0) is 11.2 Å². The number of imidazole rings is 1. The molecular weight excluding hydrogens is 527 g/mol. The molecule has 0 aliphatic rings. The Morgan fingerprint density at radius 1 is 0.950 bits per heavy atom. The third kappa shape index (κ3) is 4.48. The van der Waals surface area contributed by atoms with Gasteiger partial charge in [-0.05, 0) is 35.9 Å². The van der Waals surface area contributed by atoms with E-state index < -0.39 is 0 Å². The van der Waals surface area contributed by atoms with Gasteiger partial charge in [0.1, 0.15) is 11.2 Å². The predicted molar refractivity (Wildman–Crippen MR) is 152 cm³/mol. The van der Waals surface area contributed by atoms with Crippen molar-refractivity contribution < 1.29 is 9.18 Å². The molecule has 11 heteroatoms. The number of rotatable bonds is 6. The summed E-state index contributed by atoms with van der Waals surface area (Å²) in [6.07, 6.45) is 6.98. The van der Waals surface area contributed by atoms with Crippen LogP contribution >= 0.6 is 11.3 Å². The molecule has 40 heavy (non-hydrogen) atoms. The highest BCUT2D eigenvalue weighted by Gasteiger charge is 2.18. The number of aromatic amines is 2. The number of halogens is 1. The van der Waals surface area contributed by atoms with E-state index in [1.165, 1.54) is 6.07 Å².